The van der Waals surface area contributed by atoms with Crippen molar-refractivity contribution < 1.29 is 24.5 Å². The zero-order chi connectivity index (χ0) is 12.8. The van der Waals surface area contributed by atoms with Crippen LogP contribution in [0, 0.1) is 0 Å². The van der Waals surface area contributed by atoms with Crippen LogP contribution in [-0.4, -0.2) is 53.2 Å². The molecule has 0 bridgehead atoms. The summed E-state index contributed by atoms with van der Waals surface area (Å²) in [6, 6.07) is 0. The number of hydrogen-bond acceptors (Lipinski definition) is 6. The summed E-state index contributed by atoms with van der Waals surface area (Å²) in [4.78, 5) is 11.3. The van der Waals surface area contributed by atoms with E-state index in [1.165, 1.54) is 0 Å². The highest BCUT2D eigenvalue weighted by atomic mass is 32.1. The number of aliphatic hydroxyl groups excluding tert-OH is 2. The Bertz CT molecular complexity index is 253. The van der Waals surface area contributed by atoms with E-state index in [4.69, 9.17) is 9.47 Å². The Labute approximate surface area is 106 Å². The molecule has 6 nitrogen and oxygen atoms in total. The van der Waals surface area contributed by atoms with Crippen LogP contribution in [0.15, 0.2) is 0 Å². The smallest absolute Gasteiger partial charge is 0.409 e. The number of alkyl carbamates (subject to hydrolysis) is 1. The Kier molecular flexibility index (Phi) is 6.04. The first kappa shape index (κ1) is 14.6. The van der Waals surface area contributed by atoms with Crippen LogP contribution in [0.2, 0.25) is 0 Å². The highest BCUT2D eigenvalue weighted by molar-refractivity contribution is 7.80. The second-order valence-corrected chi connectivity index (χ2v) is 4.28. The summed E-state index contributed by atoms with van der Waals surface area (Å²) in [5.41, 5.74) is 0. The van der Waals surface area contributed by atoms with Gasteiger partial charge >= 0.3 is 6.09 Å². The highest BCUT2D eigenvalue weighted by Crippen LogP contribution is 2.22. The number of carbonyl (C=O) groups excluding carboxylic acids is 1. The maximum absolute atomic E-state index is 11.3. The third kappa shape index (κ3) is 4.34. The summed E-state index contributed by atoms with van der Waals surface area (Å²) in [6.07, 6.45) is -3.16. The minimum absolute atomic E-state index is 0.0605. The van der Waals surface area contributed by atoms with Crippen molar-refractivity contribution in [2.24, 2.45) is 0 Å². The molecule has 1 amide bonds. The monoisotopic (exact) mass is 265 g/mol. The summed E-state index contributed by atoms with van der Waals surface area (Å²) >= 11 is 4.00. The summed E-state index contributed by atoms with van der Waals surface area (Å²) in [6.45, 7) is 2.45. The molecule has 1 rings (SSSR count). The Morgan fingerprint density at radius 3 is 2.88 bits per heavy atom. The zero-order valence-corrected chi connectivity index (χ0v) is 10.6. The van der Waals surface area contributed by atoms with Crippen LogP contribution in [0.5, 0.6) is 0 Å². The summed E-state index contributed by atoms with van der Waals surface area (Å²) in [5.74, 6) is 0.245. The molecule has 0 aromatic carbocycles. The van der Waals surface area contributed by atoms with Gasteiger partial charge in [-0.3, -0.25) is 0 Å². The average molecular weight is 265 g/mol. The van der Waals surface area contributed by atoms with Gasteiger partial charge in [-0.05, 0) is 6.42 Å². The van der Waals surface area contributed by atoms with Crippen molar-refractivity contribution in [2.75, 3.05) is 12.3 Å². The maximum atomic E-state index is 11.3. The SMILES string of the molecule is CCCNC(=O)O[C@H]1C[C@@H](O)[C@@H](O)[C@@H](CS)O1. The molecule has 1 aliphatic rings. The van der Waals surface area contributed by atoms with Gasteiger partial charge in [0.2, 0.25) is 6.29 Å². The summed E-state index contributed by atoms with van der Waals surface area (Å²) in [5, 5.41) is 21.6. The first-order valence-corrected chi connectivity index (χ1v) is 6.28. The topological polar surface area (TPSA) is 88.0 Å². The molecule has 17 heavy (non-hydrogen) atoms. The lowest BCUT2D eigenvalue weighted by atomic mass is 10.0. The van der Waals surface area contributed by atoms with Gasteiger partial charge in [-0.15, -0.1) is 0 Å². The van der Waals surface area contributed by atoms with E-state index < -0.39 is 30.7 Å². The average Bonchev–Trinajstić information content (AvgIpc) is 2.31. The van der Waals surface area contributed by atoms with E-state index in [0.717, 1.165) is 6.42 Å². The van der Waals surface area contributed by atoms with Crippen molar-refractivity contribution >= 4 is 18.7 Å². The number of rotatable bonds is 4. The quantitative estimate of drug-likeness (QED) is 0.533. The molecule has 0 aromatic rings. The van der Waals surface area contributed by atoms with Gasteiger partial charge in [0.25, 0.3) is 0 Å². The molecular weight excluding hydrogens is 246 g/mol. The van der Waals surface area contributed by atoms with E-state index in [1.807, 2.05) is 6.92 Å². The number of aliphatic hydroxyl groups is 2. The fraction of sp³-hybridized carbons (Fsp3) is 0.900. The lowest BCUT2D eigenvalue weighted by Gasteiger charge is -2.35. The molecular formula is C10H19NO5S. The van der Waals surface area contributed by atoms with Gasteiger partial charge in [-0.1, -0.05) is 6.92 Å². The van der Waals surface area contributed by atoms with Crippen LogP contribution in [0.25, 0.3) is 0 Å². The summed E-state index contributed by atoms with van der Waals surface area (Å²) in [7, 11) is 0. The molecule has 7 heteroatoms. The van der Waals surface area contributed by atoms with Crippen LogP contribution in [-0.2, 0) is 9.47 Å². The summed E-state index contributed by atoms with van der Waals surface area (Å²) < 4.78 is 10.3. The van der Waals surface area contributed by atoms with Crippen LogP contribution < -0.4 is 5.32 Å². The van der Waals surface area contributed by atoms with Gasteiger partial charge in [0.05, 0.1) is 12.2 Å². The Morgan fingerprint density at radius 2 is 2.29 bits per heavy atom. The normalized spacial score (nSPS) is 33.2. The molecule has 0 aliphatic carbocycles. The number of hydrogen-bond donors (Lipinski definition) is 4. The van der Waals surface area contributed by atoms with E-state index in [1.54, 1.807) is 0 Å². The van der Waals surface area contributed by atoms with Gasteiger partial charge in [-0.2, -0.15) is 12.6 Å². The number of amides is 1. The number of thiol groups is 1. The molecule has 1 heterocycles. The van der Waals surface area contributed by atoms with Crippen molar-refractivity contribution in [1.29, 1.82) is 0 Å². The van der Waals surface area contributed by atoms with Crippen molar-refractivity contribution in [1.82, 2.24) is 5.32 Å². The number of ether oxygens (including phenoxy) is 2. The molecule has 1 fully saturated rings. The molecule has 1 saturated heterocycles. The van der Waals surface area contributed by atoms with Crippen molar-refractivity contribution in [3.63, 3.8) is 0 Å². The standard InChI is InChI=1S/C10H19NO5S/c1-2-3-11-10(14)16-8-4-6(12)9(13)7(5-17)15-8/h6-9,12-13,17H,2-5H2,1H3,(H,11,14)/t6-,7-,8+,9-/m1/s1. The number of nitrogens with one attached hydrogen (secondary N) is 1. The molecule has 3 N–H and O–H groups in total. The lowest BCUT2D eigenvalue weighted by molar-refractivity contribution is -0.224. The predicted octanol–water partition coefficient (Wildman–Crippen LogP) is -0.111. The van der Waals surface area contributed by atoms with E-state index >= 15 is 0 Å². The van der Waals surface area contributed by atoms with Gasteiger partial charge in [-0.25, -0.2) is 4.79 Å². The van der Waals surface area contributed by atoms with E-state index in [9.17, 15) is 15.0 Å². The van der Waals surface area contributed by atoms with Crippen LogP contribution in [0.4, 0.5) is 4.79 Å². The largest absolute Gasteiger partial charge is 0.420 e. The van der Waals surface area contributed by atoms with Crippen LogP contribution in [0.1, 0.15) is 19.8 Å². The Hall–Kier alpha value is -0.500. The van der Waals surface area contributed by atoms with Gasteiger partial charge < -0.3 is 25.0 Å². The molecule has 0 spiro atoms. The van der Waals surface area contributed by atoms with E-state index in [-0.39, 0.29) is 12.2 Å². The molecule has 1 aliphatic heterocycles. The van der Waals surface area contributed by atoms with Gasteiger partial charge in [0.1, 0.15) is 6.10 Å². The fourth-order valence-electron chi connectivity index (χ4n) is 1.53. The molecule has 0 radical (unpaired) electrons. The minimum atomic E-state index is -0.994. The molecule has 0 unspecified atom stereocenters. The first-order chi connectivity index (χ1) is 8.08. The maximum Gasteiger partial charge on any atom is 0.409 e. The fourth-order valence-corrected chi connectivity index (χ4v) is 1.83. The number of carbonyl (C=O) groups is 1. The first-order valence-electron chi connectivity index (χ1n) is 5.65. The third-order valence-electron chi connectivity index (χ3n) is 2.47. The van der Waals surface area contributed by atoms with E-state index in [2.05, 4.69) is 17.9 Å². The zero-order valence-electron chi connectivity index (χ0n) is 9.70. The van der Waals surface area contributed by atoms with E-state index in [0.29, 0.717) is 6.54 Å². The highest BCUT2D eigenvalue weighted by Gasteiger charge is 2.37. The second-order valence-electron chi connectivity index (χ2n) is 3.91. The minimum Gasteiger partial charge on any atom is -0.420 e. The van der Waals surface area contributed by atoms with Crippen LogP contribution >= 0.6 is 12.6 Å². The third-order valence-corrected chi connectivity index (χ3v) is 2.83. The van der Waals surface area contributed by atoms with Crippen molar-refractivity contribution in [3.05, 3.63) is 0 Å². The second kappa shape index (κ2) is 7.05. The van der Waals surface area contributed by atoms with Crippen molar-refractivity contribution in [3.8, 4) is 0 Å². The van der Waals surface area contributed by atoms with Gasteiger partial charge in [0.15, 0.2) is 0 Å². The van der Waals surface area contributed by atoms with Crippen molar-refractivity contribution in [2.45, 2.75) is 44.4 Å². The van der Waals surface area contributed by atoms with Gasteiger partial charge in [0, 0.05) is 18.7 Å². The molecule has 100 valence electrons. The Morgan fingerprint density at radius 1 is 1.59 bits per heavy atom. The molecule has 4 atom stereocenters. The predicted molar refractivity (Wildman–Crippen MR) is 63.9 cm³/mol. The molecule has 0 saturated carbocycles. The lowest BCUT2D eigenvalue weighted by Crippen LogP contribution is -2.50. The Balaban J connectivity index is 2.41. The molecule has 0 aromatic heterocycles. The van der Waals surface area contributed by atoms with Crippen LogP contribution in [0.3, 0.4) is 0 Å².